The summed E-state index contributed by atoms with van der Waals surface area (Å²) < 4.78 is 0. The van der Waals surface area contributed by atoms with Crippen molar-refractivity contribution < 1.29 is 21.5 Å². The molecule has 2 saturated carbocycles. The number of rotatable bonds is 4. The number of anilines is 8. The second-order valence-electron chi connectivity index (χ2n) is 15.0. The van der Waals surface area contributed by atoms with Crippen LogP contribution in [-0.2, 0) is 21.5 Å². The Morgan fingerprint density at radius 3 is 0.724 bits per heavy atom. The maximum absolute atomic E-state index is 3.58. The van der Waals surface area contributed by atoms with E-state index < -0.39 is 0 Å². The summed E-state index contributed by atoms with van der Waals surface area (Å²) in [5, 5.41) is 0. The molecule has 4 aliphatic heterocycles. The van der Waals surface area contributed by atoms with E-state index in [2.05, 4.69) is 269 Å². The van der Waals surface area contributed by atoms with Crippen molar-refractivity contribution >= 4 is 124 Å². The molecule has 6 aliphatic rings. The van der Waals surface area contributed by atoms with Gasteiger partial charge < -0.3 is 39.2 Å². The maximum atomic E-state index is 3.58. The second-order valence-corrected chi connectivity index (χ2v) is 39.0. The average molecular weight is 1410 g/mol. The molecule has 0 N–H and O–H groups in total. The zero-order chi connectivity index (χ0) is 40.8. The molecule has 14 heteroatoms. The minimum absolute atomic E-state index is 0.405. The molecule has 0 unspecified atom stereocenters. The standard InChI is InChI=1S/2C22H24N4.4HI.2Pd/c2*1-23-15-25(19-11-5-3-9-17(19)23)21-13-7-8-14-22(21)26-16-24(2)18-10-4-6-12-20(18)26;;;;;;/h2*3-6,9-12,21-22H,7-8,13-14H2,1-2H3;4*1H;;/q;;;;;;2*+2/p-4/t2*21-,22-;;;;;;/m00....../s1. The van der Waals surface area contributed by atoms with Gasteiger partial charge in [-0.05, 0) is 74.2 Å². The Bertz CT molecular complexity index is 1670. The topological polar surface area (TPSA) is 25.9 Å². The number of halogens is 4. The number of benzene rings is 4. The molecule has 8 nitrogen and oxygen atoms in total. The fourth-order valence-electron chi connectivity index (χ4n) is 9.28. The van der Waals surface area contributed by atoms with E-state index in [-0.39, 0.29) is 0 Å². The molecule has 0 saturated heterocycles. The van der Waals surface area contributed by atoms with Crippen LogP contribution >= 0.6 is 78.1 Å². The molecule has 10 rings (SSSR count). The van der Waals surface area contributed by atoms with Gasteiger partial charge in [0.2, 0.25) is 26.7 Å². The molecule has 2 fully saturated rings. The first-order chi connectivity index (χ1) is 28.3. The molecule has 312 valence electrons. The summed E-state index contributed by atoms with van der Waals surface area (Å²) in [5.74, 6) is 0. The molecule has 4 atom stereocenters. The van der Waals surface area contributed by atoms with Crippen molar-refractivity contribution in [2.45, 2.75) is 75.5 Å². The molecule has 8 radical (unpaired) electrons. The number of nitrogens with zero attached hydrogens (tertiary/aromatic N) is 8. The summed E-state index contributed by atoms with van der Waals surface area (Å²) in [4.78, 5) is 18.0. The Hall–Kier alpha value is -0.475. The molecule has 0 amide bonds. The predicted octanol–water partition coefficient (Wildman–Crippen LogP) is 11.9. The zero-order valence-corrected chi connectivity index (χ0v) is 44.7. The van der Waals surface area contributed by atoms with Crippen LogP contribution in [-0.4, -0.2) is 52.4 Å². The summed E-state index contributed by atoms with van der Waals surface area (Å²) in [7, 11) is 10.1. The number of hydrogen-bond acceptors (Lipinski definition) is 8. The Balaban J connectivity index is 0.000000156. The van der Waals surface area contributed by atoms with Crippen LogP contribution in [0, 0.1) is 26.7 Å². The average Bonchev–Trinajstić information content (AvgIpc) is 3.99. The third-order valence-corrected chi connectivity index (χ3v) is 11.8. The molecule has 2 aliphatic carbocycles. The van der Waals surface area contributed by atoms with Crippen LogP contribution in [0.1, 0.15) is 51.4 Å². The molecule has 0 bridgehead atoms. The van der Waals surface area contributed by atoms with Crippen LogP contribution in [0.4, 0.5) is 45.5 Å². The molecule has 4 heterocycles. The van der Waals surface area contributed by atoms with Gasteiger partial charge in [-0.3, -0.25) is 0 Å². The van der Waals surface area contributed by atoms with E-state index in [1.165, 1.54) is 96.9 Å². The van der Waals surface area contributed by atoms with Gasteiger partial charge in [0.25, 0.3) is 0 Å². The Morgan fingerprint density at radius 1 is 0.362 bits per heavy atom. The summed E-state index contributed by atoms with van der Waals surface area (Å²) in [6.07, 6.45) is 9.84. The first-order valence-electron chi connectivity index (χ1n) is 19.5. The Labute approximate surface area is 406 Å². The molecule has 58 heavy (non-hydrogen) atoms. The third-order valence-electron chi connectivity index (χ3n) is 11.8. The summed E-state index contributed by atoms with van der Waals surface area (Å²) in [6, 6.07) is 36.1. The first kappa shape index (κ1) is 45.5. The fraction of sp³-hybridized carbons (Fsp3) is 0.364. The van der Waals surface area contributed by atoms with Crippen LogP contribution in [0.2, 0.25) is 0 Å². The van der Waals surface area contributed by atoms with E-state index >= 15 is 0 Å². The number of para-hydroxylation sites is 8. The van der Waals surface area contributed by atoms with E-state index in [0.29, 0.717) is 24.2 Å². The van der Waals surface area contributed by atoms with Crippen LogP contribution in [0.25, 0.3) is 0 Å². The van der Waals surface area contributed by atoms with Crippen molar-refractivity contribution in [1.82, 2.24) is 0 Å². The van der Waals surface area contributed by atoms with Gasteiger partial charge in [-0.25, -0.2) is 0 Å². The van der Waals surface area contributed by atoms with Gasteiger partial charge >= 0.3 is 99.6 Å². The molecule has 0 aromatic heterocycles. The Kier molecular flexibility index (Phi) is 17.1. The van der Waals surface area contributed by atoms with Gasteiger partial charge in [0.1, 0.15) is 0 Å². The number of hydrogen-bond donors (Lipinski definition) is 0. The molecule has 4 aromatic rings. The predicted molar refractivity (Wildman–Crippen MR) is 270 cm³/mol. The van der Waals surface area contributed by atoms with Gasteiger partial charge in [-0.1, -0.05) is 74.2 Å². The summed E-state index contributed by atoms with van der Waals surface area (Å²) in [5.41, 5.74) is 10.0. The van der Waals surface area contributed by atoms with E-state index in [4.69, 9.17) is 0 Å². The van der Waals surface area contributed by atoms with Crippen LogP contribution < -0.4 is 39.2 Å². The molecule has 0 spiro atoms. The second kappa shape index (κ2) is 21.7. The summed E-state index contributed by atoms with van der Waals surface area (Å²) >= 11 is 9.30. The van der Waals surface area contributed by atoms with Gasteiger partial charge in [-0.2, -0.15) is 0 Å². The van der Waals surface area contributed by atoms with Crippen LogP contribution in [0.5, 0.6) is 0 Å². The van der Waals surface area contributed by atoms with E-state index in [1.54, 1.807) is 0 Å². The molecule has 4 aromatic carbocycles. The number of fused-ring (bicyclic) bond motifs is 4. The van der Waals surface area contributed by atoms with E-state index in [1.807, 2.05) is 0 Å². The third kappa shape index (κ3) is 9.84. The van der Waals surface area contributed by atoms with Gasteiger partial charge in [0.05, 0.1) is 69.7 Å². The Morgan fingerprint density at radius 2 is 0.534 bits per heavy atom. The van der Waals surface area contributed by atoms with Gasteiger partial charge in [0.15, 0.2) is 0 Å². The van der Waals surface area contributed by atoms with Crippen molar-refractivity contribution in [3.8, 4) is 0 Å². The normalized spacial score (nSPS) is 23.0. The molecular weight excluding hydrogens is 1360 g/mol. The minimum atomic E-state index is 0.405. The van der Waals surface area contributed by atoms with Crippen molar-refractivity contribution in [3.63, 3.8) is 0 Å². The molecular formula is C44H48I4N8Pd2. The van der Waals surface area contributed by atoms with Crippen LogP contribution in [0.15, 0.2) is 97.1 Å². The first-order valence-corrected chi connectivity index (χ1v) is 38.0. The van der Waals surface area contributed by atoms with E-state index in [9.17, 15) is 0 Å². The van der Waals surface area contributed by atoms with Crippen molar-refractivity contribution in [1.29, 1.82) is 0 Å². The quantitative estimate of drug-likeness (QED) is 0.147. The monoisotopic (exact) mass is 1410 g/mol. The summed E-state index contributed by atoms with van der Waals surface area (Å²) in [6.45, 7) is 14.3. The SMILES string of the molecule is CN1[C]N([C@H]2CCCC[C@@H]2N2[C]N(C)c3ccccc32)c2ccccc21.CN1[C]N([C@H]2CCCC[C@@H]2N2[C]N(C)c3ccccc32)c2ccccc21.[I][Pd][I].[I][Pd][I]. The van der Waals surface area contributed by atoms with Crippen LogP contribution in [0.3, 0.4) is 0 Å². The van der Waals surface area contributed by atoms with Crippen molar-refractivity contribution in [2.75, 3.05) is 67.4 Å². The van der Waals surface area contributed by atoms with Crippen molar-refractivity contribution in [3.05, 3.63) is 124 Å². The fourth-order valence-corrected chi connectivity index (χ4v) is 9.28. The van der Waals surface area contributed by atoms with Gasteiger partial charge in [-0.15, -0.1) is 0 Å². The van der Waals surface area contributed by atoms with E-state index in [0.717, 1.165) is 21.5 Å². The van der Waals surface area contributed by atoms with Gasteiger partial charge in [0, 0.05) is 28.2 Å². The van der Waals surface area contributed by atoms with Crippen molar-refractivity contribution in [2.24, 2.45) is 0 Å². The zero-order valence-electron chi connectivity index (χ0n) is 32.9.